The molecule has 5 rings (SSSR count). The molecule has 0 aliphatic carbocycles. The Balaban J connectivity index is 1.38. The Labute approximate surface area is 302 Å². The van der Waals surface area contributed by atoms with Crippen LogP contribution in [0.1, 0.15) is 70.1 Å². The fourth-order valence-electron chi connectivity index (χ4n) is 6.05. The Bertz CT molecular complexity index is 1630. The van der Waals surface area contributed by atoms with E-state index in [-0.39, 0.29) is 41.7 Å². The monoisotopic (exact) mass is 716 g/mol. The van der Waals surface area contributed by atoms with E-state index < -0.39 is 61.1 Å². The molecule has 0 bridgehead atoms. The number of unbranched alkanes of at least 4 members (excludes halogenated alkanes) is 1. The van der Waals surface area contributed by atoms with Crippen LogP contribution in [0.4, 0.5) is 0 Å². The van der Waals surface area contributed by atoms with E-state index in [1.165, 1.54) is 6.92 Å². The van der Waals surface area contributed by atoms with Gasteiger partial charge in [-0.1, -0.05) is 54.6 Å². The Hall–Kier alpha value is -5.11. The van der Waals surface area contributed by atoms with Gasteiger partial charge in [0, 0.05) is 33.0 Å². The van der Waals surface area contributed by atoms with Crippen LogP contribution in [0.15, 0.2) is 91.0 Å². The van der Waals surface area contributed by atoms with Gasteiger partial charge < -0.3 is 39.0 Å². The Kier molecular flexibility index (Phi) is 13.9. The van der Waals surface area contributed by atoms with Crippen LogP contribution in [0.3, 0.4) is 0 Å². The molecule has 2 saturated heterocycles. The minimum absolute atomic E-state index is 0.00630. The molecule has 2 unspecified atom stereocenters. The molecule has 0 spiro atoms. The zero-order valence-electron chi connectivity index (χ0n) is 29.0. The second-order valence-corrected chi connectivity index (χ2v) is 12.6. The average molecular weight is 717 g/mol. The van der Waals surface area contributed by atoms with Crippen LogP contribution >= 0.6 is 0 Å². The van der Waals surface area contributed by atoms with Crippen LogP contribution in [0.25, 0.3) is 0 Å². The molecule has 2 aliphatic rings. The van der Waals surface area contributed by atoms with Crippen molar-refractivity contribution in [1.82, 2.24) is 10.2 Å². The van der Waals surface area contributed by atoms with Crippen molar-refractivity contribution in [2.75, 3.05) is 26.3 Å². The lowest BCUT2D eigenvalue weighted by Gasteiger charge is -2.45. The standard InChI is InChI=1S/C39H44N2O11/c1-26(42)40-33-35(52-38(47)29-17-9-4-10-18-29)34(51-37(46)28-15-7-3-8-16-28)31(25-49-36(45)27-13-5-2-6-14-27)50-39(33)48-24-12-11-19-32(44)41-22-20-30(43)21-23-41/h2-10,13-18,30-31,33-35,39,43H,11-12,19-25H2,1H3,(H,40,42)/t31?,33-,34-,35?,39+/m0/s1. The van der Waals surface area contributed by atoms with Gasteiger partial charge in [0.25, 0.3) is 0 Å². The molecule has 0 radical (unpaired) electrons. The SMILES string of the molecule is CC(=O)N[C@H]1C(OC(=O)c2ccccc2)[C@@H](OC(=O)c2ccccc2)C(COC(=O)c2ccccc2)O[C@H]1OCCCCC(=O)N1CCC(O)CC1. The van der Waals surface area contributed by atoms with Gasteiger partial charge >= 0.3 is 17.9 Å². The molecule has 2 heterocycles. The summed E-state index contributed by atoms with van der Waals surface area (Å²) < 4.78 is 30.1. The van der Waals surface area contributed by atoms with Crippen molar-refractivity contribution in [2.24, 2.45) is 0 Å². The Morgan fingerprint density at radius 2 is 1.27 bits per heavy atom. The highest BCUT2D eigenvalue weighted by atomic mass is 16.7. The van der Waals surface area contributed by atoms with Crippen molar-refractivity contribution in [3.63, 3.8) is 0 Å². The predicted molar refractivity (Wildman–Crippen MR) is 186 cm³/mol. The molecule has 52 heavy (non-hydrogen) atoms. The van der Waals surface area contributed by atoms with E-state index in [2.05, 4.69) is 5.32 Å². The third-order valence-corrected chi connectivity index (χ3v) is 8.79. The third kappa shape index (κ3) is 10.7. The molecule has 5 atom stereocenters. The minimum atomic E-state index is -1.37. The summed E-state index contributed by atoms with van der Waals surface area (Å²) in [5.41, 5.74) is 0.698. The summed E-state index contributed by atoms with van der Waals surface area (Å²) in [5, 5.41) is 12.5. The molecule has 2 fully saturated rings. The predicted octanol–water partition coefficient (Wildman–Crippen LogP) is 3.69. The van der Waals surface area contributed by atoms with E-state index in [1.54, 1.807) is 95.9 Å². The van der Waals surface area contributed by atoms with Gasteiger partial charge in [-0.3, -0.25) is 9.59 Å². The fourth-order valence-corrected chi connectivity index (χ4v) is 6.05. The van der Waals surface area contributed by atoms with Gasteiger partial charge in [-0.15, -0.1) is 0 Å². The molecule has 13 heteroatoms. The van der Waals surface area contributed by atoms with Crippen molar-refractivity contribution in [3.05, 3.63) is 108 Å². The summed E-state index contributed by atoms with van der Waals surface area (Å²) in [6, 6.07) is 23.5. The lowest BCUT2D eigenvalue weighted by atomic mass is 9.95. The number of rotatable bonds is 14. The molecule has 13 nitrogen and oxygen atoms in total. The maximum atomic E-state index is 13.5. The maximum absolute atomic E-state index is 13.5. The number of nitrogens with zero attached hydrogens (tertiary/aromatic N) is 1. The number of aliphatic hydroxyl groups excluding tert-OH is 1. The molecule has 3 aromatic carbocycles. The largest absolute Gasteiger partial charge is 0.459 e. The average Bonchev–Trinajstić information content (AvgIpc) is 3.16. The first-order valence-electron chi connectivity index (χ1n) is 17.4. The van der Waals surface area contributed by atoms with Gasteiger partial charge in [0.1, 0.15) is 18.8 Å². The quantitative estimate of drug-likeness (QED) is 0.142. The number of ether oxygens (including phenoxy) is 5. The molecule has 3 aromatic rings. The molecule has 2 N–H and O–H groups in total. The highest BCUT2D eigenvalue weighted by Gasteiger charge is 2.52. The number of hydrogen-bond acceptors (Lipinski definition) is 11. The topological polar surface area (TPSA) is 167 Å². The van der Waals surface area contributed by atoms with E-state index >= 15 is 0 Å². The fraction of sp³-hybridized carbons (Fsp3) is 0.410. The van der Waals surface area contributed by atoms with E-state index in [0.29, 0.717) is 38.8 Å². The van der Waals surface area contributed by atoms with E-state index in [0.717, 1.165) is 0 Å². The van der Waals surface area contributed by atoms with E-state index in [9.17, 15) is 29.1 Å². The highest BCUT2D eigenvalue weighted by Crippen LogP contribution is 2.30. The molecule has 2 amide bonds. The zero-order valence-corrected chi connectivity index (χ0v) is 29.0. The van der Waals surface area contributed by atoms with Crippen molar-refractivity contribution >= 4 is 29.7 Å². The molecular weight excluding hydrogens is 672 g/mol. The van der Waals surface area contributed by atoms with E-state index in [1.807, 2.05) is 0 Å². The normalized spacial score (nSPS) is 21.8. The number of benzene rings is 3. The van der Waals surface area contributed by atoms with Crippen LogP contribution < -0.4 is 5.32 Å². The van der Waals surface area contributed by atoms with Gasteiger partial charge in [0.15, 0.2) is 18.5 Å². The van der Waals surface area contributed by atoms with Crippen LogP contribution in [-0.2, 0) is 33.3 Å². The number of esters is 3. The number of aliphatic hydroxyl groups is 1. The first-order chi connectivity index (χ1) is 25.2. The Morgan fingerprint density at radius 1 is 0.750 bits per heavy atom. The van der Waals surface area contributed by atoms with Crippen molar-refractivity contribution < 1.29 is 52.8 Å². The number of likely N-dealkylation sites (tertiary alicyclic amines) is 1. The third-order valence-electron chi connectivity index (χ3n) is 8.79. The van der Waals surface area contributed by atoms with Crippen molar-refractivity contribution in [3.8, 4) is 0 Å². The molecule has 0 aromatic heterocycles. The van der Waals surface area contributed by atoms with Crippen molar-refractivity contribution in [2.45, 2.75) is 75.8 Å². The van der Waals surface area contributed by atoms with E-state index in [4.69, 9.17) is 23.7 Å². The summed E-state index contributed by atoms with van der Waals surface area (Å²) >= 11 is 0. The maximum Gasteiger partial charge on any atom is 0.338 e. The van der Waals surface area contributed by atoms with Crippen LogP contribution in [0, 0.1) is 0 Å². The summed E-state index contributed by atoms with van der Waals surface area (Å²) in [5.74, 6) is -2.69. The lowest BCUT2D eigenvalue weighted by Crippen LogP contribution is -2.66. The number of carbonyl (C=O) groups excluding carboxylic acids is 5. The summed E-state index contributed by atoms with van der Waals surface area (Å²) in [4.78, 5) is 67.0. The number of nitrogens with one attached hydrogen (secondary N) is 1. The minimum Gasteiger partial charge on any atom is -0.459 e. The first-order valence-corrected chi connectivity index (χ1v) is 17.4. The highest BCUT2D eigenvalue weighted by molar-refractivity contribution is 5.91. The second kappa shape index (κ2) is 18.9. The van der Waals surface area contributed by atoms with Gasteiger partial charge in [0.2, 0.25) is 11.8 Å². The zero-order chi connectivity index (χ0) is 36.9. The van der Waals surface area contributed by atoms with Crippen LogP contribution in [-0.4, -0.2) is 103 Å². The molecular formula is C39H44N2O11. The van der Waals surface area contributed by atoms with Crippen LogP contribution in [0.2, 0.25) is 0 Å². The Morgan fingerprint density at radius 3 is 1.81 bits per heavy atom. The number of piperidine rings is 1. The number of carbonyl (C=O) groups is 5. The smallest absolute Gasteiger partial charge is 0.338 e. The molecule has 0 saturated carbocycles. The van der Waals surface area contributed by atoms with Crippen LogP contribution in [0.5, 0.6) is 0 Å². The lowest BCUT2D eigenvalue weighted by molar-refractivity contribution is -0.269. The van der Waals surface area contributed by atoms with Gasteiger partial charge in [-0.05, 0) is 62.1 Å². The van der Waals surface area contributed by atoms with Gasteiger partial charge in [-0.25, -0.2) is 14.4 Å². The first kappa shape index (κ1) is 38.1. The summed E-state index contributed by atoms with van der Waals surface area (Å²) in [6.07, 6.45) is -3.24. The van der Waals surface area contributed by atoms with Gasteiger partial charge in [-0.2, -0.15) is 0 Å². The molecule has 2 aliphatic heterocycles. The second-order valence-electron chi connectivity index (χ2n) is 12.6. The summed E-state index contributed by atoms with van der Waals surface area (Å²) in [7, 11) is 0. The molecule has 276 valence electrons. The number of hydrogen-bond donors (Lipinski definition) is 2. The van der Waals surface area contributed by atoms with Gasteiger partial charge in [0.05, 0.1) is 22.8 Å². The van der Waals surface area contributed by atoms with Crippen molar-refractivity contribution in [1.29, 1.82) is 0 Å². The number of amides is 2. The summed E-state index contributed by atoms with van der Waals surface area (Å²) in [6.45, 7) is 1.97.